The summed E-state index contributed by atoms with van der Waals surface area (Å²) in [7, 11) is 0. The van der Waals surface area contributed by atoms with Crippen molar-refractivity contribution in [1.82, 2.24) is 9.78 Å². The van der Waals surface area contributed by atoms with Gasteiger partial charge in [-0.2, -0.15) is 5.10 Å². The molecule has 1 aliphatic carbocycles. The zero-order chi connectivity index (χ0) is 10.7. The Labute approximate surface area is 90.0 Å². The number of rotatable bonds is 3. The quantitative estimate of drug-likeness (QED) is 0.585. The van der Waals surface area contributed by atoms with Crippen LogP contribution in [0.25, 0.3) is 0 Å². The number of nitrogens with one attached hydrogen (secondary N) is 1. The van der Waals surface area contributed by atoms with E-state index in [1.54, 1.807) is 0 Å². The molecule has 0 saturated heterocycles. The average molecular weight is 206 g/mol. The fraction of sp³-hybridized carbons (Fsp3) is 0.636. The molecule has 0 amide bonds. The van der Waals surface area contributed by atoms with Crippen molar-refractivity contribution in [2.24, 2.45) is 5.73 Å². The first-order chi connectivity index (χ1) is 7.27. The Morgan fingerprint density at radius 2 is 2.20 bits per heavy atom. The van der Waals surface area contributed by atoms with Gasteiger partial charge in [-0.3, -0.25) is 10.1 Å². The Bertz CT molecular complexity index is 336. The van der Waals surface area contributed by atoms with Gasteiger partial charge in [0.1, 0.15) is 0 Å². The molecule has 1 fully saturated rings. The van der Waals surface area contributed by atoms with Crippen LogP contribution in [-0.4, -0.2) is 15.6 Å². The second kappa shape index (κ2) is 4.47. The molecule has 2 rings (SSSR count). The number of nitrogens with two attached hydrogens (primary N) is 1. The van der Waals surface area contributed by atoms with Crippen molar-refractivity contribution in [3.63, 3.8) is 0 Å². The van der Waals surface area contributed by atoms with Crippen LogP contribution in [-0.2, 0) is 6.42 Å². The Morgan fingerprint density at radius 1 is 1.47 bits per heavy atom. The smallest absolute Gasteiger partial charge is 0.0965 e. The molecule has 1 aliphatic rings. The minimum atomic E-state index is 0.215. The minimum absolute atomic E-state index is 0.215. The van der Waals surface area contributed by atoms with Crippen molar-refractivity contribution in [3.8, 4) is 0 Å². The Kier molecular flexibility index (Phi) is 3.04. The highest BCUT2D eigenvalue weighted by molar-refractivity contribution is 5.79. The maximum atomic E-state index is 7.32. The van der Waals surface area contributed by atoms with Gasteiger partial charge in [0.25, 0.3) is 0 Å². The molecule has 1 heterocycles. The van der Waals surface area contributed by atoms with E-state index >= 15 is 0 Å². The van der Waals surface area contributed by atoms with E-state index in [4.69, 9.17) is 11.1 Å². The van der Waals surface area contributed by atoms with E-state index < -0.39 is 0 Å². The highest BCUT2D eigenvalue weighted by Crippen LogP contribution is 2.28. The molecule has 0 unspecified atom stereocenters. The zero-order valence-corrected chi connectivity index (χ0v) is 8.95. The van der Waals surface area contributed by atoms with Gasteiger partial charge in [0.2, 0.25) is 0 Å². The molecule has 1 aromatic heterocycles. The molecule has 3 N–H and O–H groups in total. The molecule has 1 aromatic rings. The van der Waals surface area contributed by atoms with Crippen molar-refractivity contribution in [3.05, 3.63) is 18.0 Å². The molecule has 0 atom stereocenters. The second-order valence-corrected chi connectivity index (χ2v) is 4.26. The van der Waals surface area contributed by atoms with Gasteiger partial charge in [0.05, 0.1) is 11.9 Å². The summed E-state index contributed by atoms with van der Waals surface area (Å²) in [6.45, 7) is 0. The highest BCUT2D eigenvalue weighted by atomic mass is 15.3. The van der Waals surface area contributed by atoms with Gasteiger partial charge >= 0.3 is 0 Å². The van der Waals surface area contributed by atoms with Gasteiger partial charge in [0, 0.05) is 18.3 Å². The van der Waals surface area contributed by atoms with Crippen LogP contribution in [0.1, 0.15) is 43.8 Å². The lowest BCUT2D eigenvalue weighted by atomic mass is 9.95. The molecular formula is C11H18N4. The second-order valence-electron chi connectivity index (χ2n) is 4.26. The van der Waals surface area contributed by atoms with E-state index in [0.29, 0.717) is 12.5 Å². The van der Waals surface area contributed by atoms with Gasteiger partial charge in [-0.1, -0.05) is 19.3 Å². The van der Waals surface area contributed by atoms with Crippen LogP contribution < -0.4 is 5.73 Å². The van der Waals surface area contributed by atoms with Crippen LogP contribution in [0.4, 0.5) is 0 Å². The fourth-order valence-corrected chi connectivity index (χ4v) is 2.33. The van der Waals surface area contributed by atoms with Crippen LogP contribution in [0.3, 0.4) is 0 Å². The molecule has 0 aliphatic heterocycles. The van der Waals surface area contributed by atoms with Gasteiger partial charge in [-0.05, 0) is 18.9 Å². The van der Waals surface area contributed by atoms with Gasteiger partial charge < -0.3 is 5.73 Å². The lowest BCUT2D eigenvalue weighted by Crippen LogP contribution is -2.20. The fourth-order valence-electron chi connectivity index (χ4n) is 2.33. The summed E-state index contributed by atoms with van der Waals surface area (Å²) in [5, 5.41) is 11.7. The number of amidine groups is 1. The van der Waals surface area contributed by atoms with Gasteiger partial charge in [0.15, 0.2) is 0 Å². The Morgan fingerprint density at radius 3 is 2.87 bits per heavy atom. The summed E-state index contributed by atoms with van der Waals surface area (Å²) in [6.07, 6.45) is 8.70. The van der Waals surface area contributed by atoms with Crippen LogP contribution >= 0.6 is 0 Å². The SMILES string of the molecule is N=C(N)Cc1ccnn1C1CCCCC1. The average Bonchev–Trinajstić information content (AvgIpc) is 2.66. The number of aromatic nitrogens is 2. The molecule has 0 radical (unpaired) electrons. The third kappa shape index (κ3) is 2.37. The summed E-state index contributed by atoms with van der Waals surface area (Å²) < 4.78 is 2.07. The number of hydrogen-bond acceptors (Lipinski definition) is 2. The maximum Gasteiger partial charge on any atom is 0.0965 e. The molecule has 1 saturated carbocycles. The first-order valence-electron chi connectivity index (χ1n) is 5.62. The summed E-state index contributed by atoms with van der Waals surface area (Å²) >= 11 is 0. The standard InChI is InChI=1S/C11H18N4/c12-11(13)8-10-6-7-14-15(10)9-4-2-1-3-5-9/h6-7,9H,1-5,8H2,(H3,12,13). The highest BCUT2D eigenvalue weighted by Gasteiger charge is 2.18. The Hall–Kier alpha value is -1.32. The summed E-state index contributed by atoms with van der Waals surface area (Å²) in [5.74, 6) is 0.215. The maximum absolute atomic E-state index is 7.32. The number of hydrogen-bond donors (Lipinski definition) is 2. The largest absolute Gasteiger partial charge is 0.387 e. The van der Waals surface area contributed by atoms with Gasteiger partial charge in [-0.15, -0.1) is 0 Å². The third-order valence-corrected chi connectivity index (χ3v) is 3.04. The predicted octanol–water partition coefficient (Wildman–Crippen LogP) is 1.87. The van der Waals surface area contributed by atoms with Crippen LogP contribution in [0, 0.1) is 5.41 Å². The van der Waals surface area contributed by atoms with Gasteiger partial charge in [-0.25, -0.2) is 0 Å². The monoisotopic (exact) mass is 206 g/mol. The lowest BCUT2D eigenvalue weighted by Gasteiger charge is -2.23. The van der Waals surface area contributed by atoms with Crippen LogP contribution in [0.15, 0.2) is 12.3 Å². The van der Waals surface area contributed by atoms with Crippen molar-refractivity contribution in [1.29, 1.82) is 5.41 Å². The molecule has 0 aromatic carbocycles. The first kappa shape index (κ1) is 10.2. The lowest BCUT2D eigenvalue weighted by molar-refractivity contribution is 0.324. The minimum Gasteiger partial charge on any atom is -0.387 e. The van der Waals surface area contributed by atoms with E-state index in [1.807, 2.05) is 12.3 Å². The number of nitrogens with zero attached hydrogens (tertiary/aromatic N) is 2. The van der Waals surface area contributed by atoms with E-state index in [0.717, 1.165) is 5.69 Å². The first-order valence-corrected chi connectivity index (χ1v) is 5.62. The van der Waals surface area contributed by atoms with E-state index in [9.17, 15) is 0 Å². The molecule has 0 spiro atoms. The van der Waals surface area contributed by atoms with Crippen molar-refractivity contribution >= 4 is 5.84 Å². The van der Waals surface area contributed by atoms with Crippen molar-refractivity contribution in [2.45, 2.75) is 44.6 Å². The summed E-state index contributed by atoms with van der Waals surface area (Å²) in [4.78, 5) is 0. The molecular weight excluding hydrogens is 188 g/mol. The van der Waals surface area contributed by atoms with E-state index in [-0.39, 0.29) is 5.84 Å². The summed E-state index contributed by atoms with van der Waals surface area (Å²) in [5.41, 5.74) is 6.50. The summed E-state index contributed by atoms with van der Waals surface area (Å²) in [6, 6.07) is 2.50. The molecule has 15 heavy (non-hydrogen) atoms. The molecule has 0 bridgehead atoms. The normalized spacial score (nSPS) is 17.9. The third-order valence-electron chi connectivity index (χ3n) is 3.04. The molecule has 82 valence electrons. The van der Waals surface area contributed by atoms with E-state index in [2.05, 4.69) is 9.78 Å². The molecule has 4 heteroatoms. The van der Waals surface area contributed by atoms with Crippen LogP contribution in [0.5, 0.6) is 0 Å². The zero-order valence-electron chi connectivity index (χ0n) is 8.95. The van der Waals surface area contributed by atoms with Crippen molar-refractivity contribution in [2.75, 3.05) is 0 Å². The Balaban J connectivity index is 2.12. The van der Waals surface area contributed by atoms with Crippen LogP contribution in [0.2, 0.25) is 0 Å². The van der Waals surface area contributed by atoms with E-state index in [1.165, 1.54) is 32.1 Å². The molecule has 4 nitrogen and oxygen atoms in total. The predicted molar refractivity (Wildman–Crippen MR) is 60.0 cm³/mol. The van der Waals surface area contributed by atoms with Crippen molar-refractivity contribution < 1.29 is 0 Å². The topological polar surface area (TPSA) is 67.7 Å².